The van der Waals surface area contributed by atoms with Crippen LogP contribution in [0.3, 0.4) is 0 Å². The highest BCUT2D eigenvalue weighted by atomic mass is 16.7. The molecule has 2 unspecified atom stereocenters. The van der Waals surface area contributed by atoms with Gasteiger partial charge in [-0.3, -0.25) is 9.59 Å². The van der Waals surface area contributed by atoms with Gasteiger partial charge in [-0.25, -0.2) is 4.79 Å². The first-order chi connectivity index (χ1) is 29.6. The zero-order valence-electron chi connectivity index (χ0n) is 39.8. The molecule has 0 saturated heterocycles. The number of hydrogen-bond donors (Lipinski definition) is 1. The van der Waals surface area contributed by atoms with Gasteiger partial charge in [0.2, 0.25) is 0 Å². The van der Waals surface area contributed by atoms with Gasteiger partial charge in [0.05, 0.1) is 34.4 Å². The molecule has 0 bridgehead atoms. The van der Waals surface area contributed by atoms with Gasteiger partial charge >= 0.3 is 17.9 Å². The fourth-order valence-corrected chi connectivity index (χ4v) is 6.51. The molecule has 0 radical (unpaired) electrons. The molecule has 0 aliphatic heterocycles. The van der Waals surface area contributed by atoms with Crippen molar-refractivity contribution in [1.29, 1.82) is 0 Å². The van der Waals surface area contributed by atoms with E-state index >= 15 is 0 Å². The van der Waals surface area contributed by atoms with Crippen molar-refractivity contribution in [3.63, 3.8) is 0 Å². The van der Waals surface area contributed by atoms with E-state index in [2.05, 4.69) is 74.6 Å². The SMILES string of the molecule is CC/C=C\C/C=C\C/C=C\C/C=C\C/C=C\CCCCCCCCCCCCCCCCCC(=O)OC(COC(=O)CCCCCCC)COC(OCC[N+](C)(C)C)C(=O)O. The second-order valence-corrected chi connectivity index (χ2v) is 17.4. The highest BCUT2D eigenvalue weighted by molar-refractivity contribution is 5.71. The fraction of sp³-hybridized carbons (Fsp3) is 0.750. The number of aliphatic carboxylic acids is 1. The molecule has 0 fully saturated rings. The van der Waals surface area contributed by atoms with Gasteiger partial charge in [0.1, 0.15) is 13.2 Å². The standard InChI is InChI=1S/C52H91NO8/c1-6-8-10-12-13-14-15-16-17-18-19-20-21-22-23-24-25-26-27-28-29-30-31-32-33-34-35-36-37-39-41-43-50(55)61-48(46-59-49(54)42-40-38-11-9-7-2)47-60-52(51(56)57)58-45-44-53(3,4)5/h8,10,13-14,16-17,19-20,22-23,48,52H,6-7,9,11-12,15,18,21,24-47H2,1-5H3/p+1/b10-8-,14-13-,17-16-,20-19-,23-22-. The maximum atomic E-state index is 12.7. The number of unbranched alkanes of at least 4 members (excludes halogenated alkanes) is 19. The van der Waals surface area contributed by atoms with Crippen LogP contribution in [0.5, 0.6) is 0 Å². The van der Waals surface area contributed by atoms with E-state index in [0.29, 0.717) is 17.4 Å². The topological polar surface area (TPSA) is 108 Å². The van der Waals surface area contributed by atoms with Crippen LogP contribution in [0.4, 0.5) is 0 Å². The number of carboxylic acid groups (broad SMARTS) is 1. The van der Waals surface area contributed by atoms with E-state index in [-0.39, 0.29) is 32.2 Å². The number of nitrogens with zero attached hydrogens (tertiary/aromatic N) is 1. The molecule has 0 saturated carbocycles. The molecular formula is C52H92NO8+. The molecule has 0 aliphatic carbocycles. The molecule has 0 aromatic carbocycles. The lowest BCUT2D eigenvalue weighted by molar-refractivity contribution is -0.870. The molecule has 352 valence electrons. The molecule has 0 amide bonds. The van der Waals surface area contributed by atoms with Gasteiger partial charge in [-0.1, -0.05) is 184 Å². The van der Waals surface area contributed by atoms with Gasteiger partial charge in [-0.2, -0.15) is 0 Å². The van der Waals surface area contributed by atoms with Crippen molar-refractivity contribution in [2.75, 3.05) is 47.5 Å². The molecule has 9 heteroatoms. The van der Waals surface area contributed by atoms with Crippen molar-refractivity contribution in [3.8, 4) is 0 Å². The molecule has 0 aromatic heterocycles. The maximum Gasteiger partial charge on any atom is 0.361 e. The minimum Gasteiger partial charge on any atom is -0.477 e. The molecule has 61 heavy (non-hydrogen) atoms. The minimum absolute atomic E-state index is 0.183. The third-order valence-corrected chi connectivity index (χ3v) is 10.3. The first kappa shape index (κ1) is 58.0. The molecule has 0 aliphatic rings. The third kappa shape index (κ3) is 44.8. The number of carbonyl (C=O) groups is 3. The summed E-state index contributed by atoms with van der Waals surface area (Å²) in [5, 5.41) is 9.59. The Morgan fingerprint density at radius 3 is 1.39 bits per heavy atom. The second-order valence-electron chi connectivity index (χ2n) is 17.4. The van der Waals surface area contributed by atoms with E-state index in [1.54, 1.807) is 0 Å². The second kappa shape index (κ2) is 43.6. The van der Waals surface area contributed by atoms with Crippen molar-refractivity contribution < 1.29 is 42.9 Å². The number of rotatable bonds is 44. The number of allylic oxidation sites excluding steroid dienone is 10. The van der Waals surface area contributed by atoms with Gasteiger partial charge < -0.3 is 28.5 Å². The highest BCUT2D eigenvalue weighted by Crippen LogP contribution is 2.15. The summed E-state index contributed by atoms with van der Waals surface area (Å²) in [5.41, 5.74) is 0. The largest absolute Gasteiger partial charge is 0.477 e. The lowest BCUT2D eigenvalue weighted by atomic mass is 10.0. The van der Waals surface area contributed by atoms with Crippen LogP contribution in [-0.2, 0) is 33.3 Å². The average molecular weight is 859 g/mol. The summed E-state index contributed by atoms with van der Waals surface area (Å²) < 4.78 is 22.6. The zero-order chi connectivity index (χ0) is 44.9. The zero-order valence-corrected chi connectivity index (χ0v) is 39.8. The van der Waals surface area contributed by atoms with E-state index < -0.39 is 24.3 Å². The molecule has 1 N–H and O–H groups in total. The first-order valence-corrected chi connectivity index (χ1v) is 24.5. The Morgan fingerprint density at radius 1 is 0.508 bits per heavy atom. The summed E-state index contributed by atoms with van der Waals surface area (Å²) in [7, 11) is 5.94. The summed E-state index contributed by atoms with van der Waals surface area (Å²) >= 11 is 0. The smallest absolute Gasteiger partial charge is 0.361 e. The Kier molecular flexibility index (Phi) is 41.5. The van der Waals surface area contributed by atoms with E-state index in [1.165, 1.54) is 83.5 Å². The molecule has 0 rings (SSSR count). The quantitative estimate of drug-likeness (QED) is 0.0212. The lowest BCUT2D eigenvalue weighted by Gasteiger charge is -2.25. The van der Waals surface area contributed by atoms with E-state index in [1.807, 2.05) is 21.1 Å². The van der Waals surface area contributed by atoms with Crippen LogP contribution in [0.2, 0.25) is 0 Å². The van der Waals surface area contributed by atoms with Crippen LogP contribution in [0.15, 0.2) is 60.8 Å². The number of likely N-dealkylation sites (N-methyl/N-ethyl adjacent to an activating group) is 1. The first-order valence-electron chi connectivity index (χ1n) is 24.5. The van der Waals surface area contributed by atoms with Crippen molar-refractivity contribution >= 4 is 17.9 Å². The van der Waals surface area contributed by atoms with Crippen LogP contribution in [-0.4, -0.2) is 87.4 Å². The number of carbonyl (C=O) groups excluding carboxylic acids is 2. The molecule has 0 spiro atoms. The van der Waals surface area contributed by atoms with Crippen LogP contribution in [0, 0.1) is 0 Å². The normalized spacial score (nSPS) is 13.4. The molecular weight excluding hydrogens is 767 g/mol. The minimum atomic E-state index is -1.51. The summed E-state index contributed by atoms with van der Waals surface area (Å²) in [6.45, 7) is 4.66. The Bertz CT molecular complexity index is 1180. The van der Waals surface area contributed by atoms with Crippen molar-refractivity contribution in [1.82, 2.24) is 0 Å². The summed E-state index contributed by atoms with van der Waals surface area (Å²) in [6, 6.07) is 0. The average Bonchev–Trinajstić information content (AvgIpc) is 3.22. The van der Waals surface area contributed by atoms with E-state index in [4.69, 9.17) is 18.9 Å². The number of carboxylic acids is 1. The van der Waals surface area contributed by atoms with Crippen LogP contribution < -0.4 is 0 Å². The summed E-state index contributed by atoms with van der Waals surface area (Å²) in [4.78, 5) is 36.8. The Balaban J connectivity index is 4.00. The Hall–Kier alpha value is -3.01. The highest BCUT2D eigenvalue weighted by Gasteiger charge is 2.25. The number of quaternary nitrogens is 1. The van der Waals surface area contributed by atoms with Crippen LogP contribution in [0.25, 0.3) is 0 Å². The van der Waals surface area contributed by atoms with Crippen molar-refractivity contribution in [2.45, 2.75) is 206 Å². The van der Waals surface area contributed by atoms with Crippen molar-refractivity contribution in [3.05, 3.63) is 60.8 Å². The number of hydrogen-bond acceptors (Lipinski definition) is 7. The predicted octanol–water partition coefficient (Wildman–Crippen LogP) is 13.3. The van der Waals surface area contributed by atoms with Gasteiger partial charge in [-0.15, -0.1) is 0 Å². The number of esters is 2. The Labute approximate surface area is 374 Å². The Morgan fingerprint density at radius 2 is 0.934 bits per heavy atom. The summed E-state index contributed by atoms with van der Waals surface area (Å²) in [5.74, 6) is -2.02. The van der Waals surface area contributed by atoms with Crippen LogP contribution >= 0.6 is 0 Å². The molecule has 0 heterocycles. The fourth-order valence-electron chi connectivity index (χ4n) is 6.51. The molecule has 0 aromatic rings. The van der Waals surface area contributed by atoms with Gasteiger partial charge in [0.25, 0.3) is 6.29 Å². The number of ether oxygens (including phenoxy) is 4. The van der Waals surface area contributed by atoms with E-state index in [9.17, 15) is 19.5 Å². The third-order valence-electron chi connectivity index (χ3n) is 10.3. The van der Waals surface area contributed by atoms with Gasteiger partial charge in [0.15, 0.2) is 6.10 Å². The summed E-state index contributed by atoms with van der Waals surface area (Å²) in [6.07, 6.45) is 50.6. The van der Waals surface area contributed by atoms with Gasteiger partial charge in [-0.05, 0) is 57.8 Å². The van der Waals surface area contributed by atoms with Crippen molar-refractivity contribution in [2.24, 2.45) is 0 Å². The molecule has 2 atom stereocenters. The predicted molar refractivity (Wildman–Crippen MR) is 253 cm³/mol. The maximum absolute atomic E-state index is 12.7. The van der Waals surface area contributed by atoms with Gasteiger partial charge in [0, 0.05) is 12.8 Å². The lowest BCUT2D eigenvalue weighted by Crippen LogP contribution is -2.40. The van der Waals surface area contributed by atoms with E-state index in [0.717, 1.165) is 83.5 Å². The molecule has 9 nitrogen and oxygen atoms in total. The monoisotopic (exact) mass is 859 g/mol. The van der Waals surface area contributed by atoms with Crippen LogP contribution in [0.1, 0.15) is 194 Å².